The highest BCUT2D eigenvalue weighted by molar-refractivity contribution is 6.30. The van der Waals surface area contributed by atoms with E-state index in [-0.39, 0.29) is 11.1 Å². The Morgan fingerprint density at radius 3 is 1.22 bits per heavy atom. The van der Waals surface area contributed by atoms with E-state index in [1.165, 1.54) is 0 Å². The van der Waals surface area contributed by atoms with Gasteiger partial charge >= 0.3 is 0 Å². The summed E-state index contributed by atoms with van der Waals surface area (Å²) in [5.74, 6) is 0. The first-order chi connectivity index (χ1) is 17.6. The molecule has 0 unspecified atom stereocenters. The summed E-state index contributed by atoms with van der Waals surface area (Å²) in [6.45, 7) is 4.27. The molecule has 172 valence electrons. The van der Waals surface area contributed by atoms with Crippen LogP contribution < -0.4 is 10.4 Å². The zero-order valence-electron chi connectivity index (χ0n) is 20.5. The third-order valence-corrected chi connectivity index (χ3v) is 7.35. The zero-order valence-corrected chi connectivity index (χ0v) is 20.5. The molecule has 5 aromatic rings. The molecule has 0 aliphatic heterocycles. The SMILES string of the molecule is CCCCc1cc2cc3c(cc2c1=C(C#N)C#N)c1cc2cc(CCCC)c(=C(C#N)C#N)c2cc31. The van der Waals surface area contributed by atoms with E-state index in [0.717, 1.165) is 103 Å². The molecule has 36 heavy (non-hydrogen) atoms. The summed E-state index contributed by atoms with van der Waals surface area (Å²) in [5.41, 5.74) is 2.46. The van der Waals surface area contributed by atoms with Crippen molar-refractivity contribution in [2.45, 2.75) is 52.4 Å². The average molecular weight is 465 g/mol. The molecular weight excluding hydrogens is 440 g/mol. The van der Waals surface area contributed by atoms with Gasteiger partial charge in [-0.1, -0.05) is 38.8 Å². The lowest BCUT2D eigenvalue weighted by atomic mass is 9.90. The molecule has 0 radical (unpaired) electrons. The summed E-state index contributed by atoms with van der Waals surface area (Å²) in [6, 6.07) is 21.2. The first-order valence-electron chi connectivity index (χ1n) is 12.5. The maximum Gasteiger partial charge on any atom is 0.137 e. The Kier molecular flexibility index (Phi) is 5.90. The van der Waals surface area contributed by atoms with E-state index in [0.29, 0.717) is 0 Å². The monoisotopic (exact) mass is 464 g/mol. The van der Waals surface area contributed by atoms with Crippen molar-refractivity contribution in [3.8, 4) is 24.3 Å². The molecule has 4 heteroatoms. The molecule has 0 heterocycles. The highest BCUT2D eigenvalue weighted by atomic mass is 14.3. The highest BCUT2D eigenvalue weighted by Crippen LogP contribution is 2.40. The Balaban J connectivity index is 1.84. The fourth-order valence-corrected chi connectivity index (χ4v) is 5.59. The fourth-order valence-electron chi connectivity index (χ4n) is 5.59. The van der Waals surface area contributed by atoms with Crippen LogP contribution in [0.5, 0.6) is 0 Å². The molecule has 0 spiro atoms. The predicted octanol–water partition coefficient (Wildman–Crippen LogP) is 6.26. The van der Waals surface area contributed by atoms with E-state index in [1.807, 2.05) is 0 Å². The van der Waals surface area contributed by atoms with Gasteiger partial charge in [0.15, 0.2) is 0 Å². The normalized spacial score (nSPS) is 11.1. The molecule has 0 saturated carbocycles. The van der Waals surface area contributed by atoms with Crippen LogP contribution >= 0.6 is 0 Å². The van der Waals surface area contributed by atoms with Crippen LogP contribution in [0.15, 0.2) is 36.4 Å². The van der Waals surface area contributed by atoms with Crippen LogP contribution in [0, 0.1) is 45.3 Å². The second-order valence-corrected chi connectivity index (χ2v) is 9.46. The number of nitriles is 4. The number of hydrogen-bond donors (Lipinski definition) is 0. The van der Waals surface area contributed by atoms with Gasteiger partial charge in [0.2, 0.25) is 0 Å². The van der Waals surface area contributed by atoms with Crippen molar-refractivity contribution in [3.05, 3.63) is 58.0 Å². The minimum atomic E-state index is 0.170. The van der Waals surface area contributed by atoms with Gasteiger partial charge in [0.1, 0.15) is 35.4 Å². The summed E-state index contributed by atoms with van der Waals surface area (Å²) < 4.78 is 0. The fraction of sp³-hybridized carbons (Fsp3) is 0.250. The van der Waals surface area contributed by atoms with E-state index < -0.39 is 0 Å². The van der Waals surface area contributed by atoms with Crippen molar-refractivity contribution in [2.75, 3.05) is 0 Å². The third-order valence-electron chi connectivity index (χ3n) is 7.35. The first-order valence-corrected chi connectivity index (χ1v) is 12.5. The molecule has 0 aromatic heterocycles. The minimum absolute atomic E-state index is 0.170. The number of benzene rings is 2. The zero-order chi connectivity index (χ0) is 25.4. The average Bonchev–Trinajstić information content (AvgIpc) is 3.43. The number of aryl methyl sites for hydroxylation is 2. The Morgan fingerprint density at radius 1 is 0.528 bits per heavy atom. The van der Waals surface area contributed by atoms with Crippen LogP contribution in [-0.4, -0.2) is 0 Å². The Morgan fingerprint density at radius 2 is 0.889 bits per heavy atom. The van der Waals surface area contributed by atoms with Gasteiger partial charge in [-0.15, -0.1) is 0 Å². The number of unbranched alkanes of at least 4 members (excludes halogenated alkanes) is 2. The summed E-state index contributed by atoms with van der Waals surface area (Å²) in [4.78, 5) is 0. The highest BCUT2D eigenvalue weighted by Gasteiger charge is 2.18. The molecule has 0 fully saturated rings. The summed E-state index contributed by atoms with van der Waals surface area (Å²) in [6.07, 6.45) is 5.76. The lowest BCUT2D eigenvalue weighted by molar-refractivity contribution is 0.794. The minimum Gasteiger partial charge on any atom is -0.192 e. The summed E-state index contributed by atoms with van der Waals surface area (Å²) in [7, 11) is 0. The van der Waals surface area contributed by atoms with Crippen LogP contribution in [0.4, 0.5) is 0 Å². The van der Waals surface area contributed by atoms with Crippen molar-refractivity contribution in [1.82, 2.24) is 0 Å². The maximum absolute atomic E-state index is 9.64. The Hall–Kier alpha value is -4.64. The predicted molar refractivity (Wildman–Crippen MR) is 145 cm³/mol. The van der Waals surface area contributed by atoms with Crippen LogP contribution in [0.2, 0.25) is 0 Å². The van der Waals surface area contributed by atoms with Crippen molar-refractivity contribution < 1.29 is 0 Å². The van der Waals surface area contributed by atoms with Gasteiger partial charge in [0.05, 0.1) is 0 Å². The molecule has 0 amide bonds. The Labute approximate surface area is 209 Å². The molecular formula is C32H24N4. The molecule has 0 atom stereocenters. The number of rotatable bonds is 6. The summed E-state index contributed by atoms with van der Waals surface area (Å²) >= 11 is 0. The van der Waals surface area contributed by atoms with Crippen LogP contribution in [0.1, 0.15) is 50.7 Å². The molecule has 0 bridgehead atoms. The first kappa shape index (κ1) is 23.1. The Bertz CT molecular complexity index is 1750. The van der Waals surface area contributed by atoms with Crippen molar-refractivity contribution in [1.29, 1.82) is 21.0 Å². The van der Waals surface area contributed by atoms with E-state index in [4.69, 9.17) is 0 Å². The standard InChI is InChI=1S/C32H24N4/c1-3-5-7-19-9-21-11-27-29(13-25(21)31(19)23(15-33)16-34)28-12-22-10-20(8-6-4-2)32(24(17-35)18-36)26(22)14-30(27)28/h9-14H,3-8H2,1-2H3. The van der Waals surface area contributed by atoms with Crippen molar-refractivity contribution in [2.24, 2.45) is 0 Å². The second kappa shape index (κ2) is 9.19. The lowest BCUT2D eigenvalue weighted by Gasteiger charge is -2.13. The molecule has 0 saturated heterocycles. The van der Waals surface area contributed by atoms with Gasteiger partial charge in [0.25, 0.3) is 0 Å². The van der Waals surface area contributed by atoms with Crippen molar-refractivity contribution in [3.63, 3.8) is 0 Å². The molecule has 5 aromatic carbocycles. The number of hydrogen-bond acceptors (Lipinski definition) is 4. The van der Waals surface area contributed by atoms with Gasteiger partial charge < -0.3 is 0 Å². The van der Waals surface area contributed by atoms with Gasteiger partial charge in [-0.25, -0.2) is 0 Å². The van der Waals surface area contributed by atoms with Crippen LogP contribution in [0.25, 0.3) is 54.2 Å². The molecule has 0 aliphatic carbocycles. The van der Waals surface area contributed by atoms with Crippen molar-refractivity contribution >= 4 is 54.2 Å². The quantitative estimate of drug-likeness (QED) is 0.296. The van der Waals surface area contributed by atoms with Crippen LogP contribution in [-0.2, 0) is 12.8 Å². The van der Waals surface area contributed by atoms with Gasteiger partial charge in [-0.2, -0.15) is 21.0 Å². The van der Waals surface area contributed by atoms with Crippen LogP contribution in [0.3, 0.4) is 0 Å². The number of nitrogens with zero attached hydrogens (tertiary/aromatic N) is 4. The molecule has 5 rings (SSSR count). The van der Waals surface area contributed by atoms with E-state index >= 15 is 0 Å². The van der Waals surface area contributed by atoms with Gasteiger partial charge in [0, 0.05) is 10.4 Å². The van der Waals surface area contributed by atoms with E-state index in [1.54, 1.807) is 0 Å². The topological polar surface area (TPSA) is 95.2 Å². The molecule has 4 nitrogen and oxygen atoms in total. The van der Waals surface area contributed by atoms with Gasteiger partial charge in [-0.05, 0) is 104 Å². The molecule has 0 N–H and O–H groups in total. The lowest BCUT2D eigenvalue weighted by Crippen LogP contribution is -2.09. The summed E-state index contributed by atoms with van der Waals surface area (Å²) in [5, 5.41) is 48.6. The number of fused-ring (bicyclic) bond motifs is 6. The molecule has 0 aliphatic rings. The van der Waals surface area contributed by atoms with E-state index in [2.05, 4.69) is 74.5 Å². The van der Waals surface area contributed by atoms with E-state index in [9.17, 15) is 21.0 Å². The smallest absolute Gasteiger partial charge is 0.137 e. The second-order valence-electron chi connectivity index (χ2n) is 9.46. The maximum atomic E-state index is 9.64. The third kappa shape index (κ3) is 3.40. The largest absolute Gasteiger partial charge is 0.192 e. The van der Waals surface area contributed by atoms with Gasteiger partial charge in [-0.3, -0.25) is 0 Å².